The molecule has 0 radical (unpaired) electrons. The first-order valence-electron chi connectivity index (χ1n) is 6.86. The monoisotopic (exact) mass is 281 g/mol. The summed E-state index contributed by atoms with van der Waals surface area (Å²) in [7, 11) is 2.06. The van der Waals surface area contributed by atoms with E-state index in [1.54, 1.807) is 6.20 Å². The first kappa shape index (κ1) is 16.0. The number of pyridine rings is 1. The van der Waals surface area contributed by atoms with Crippen molar-refractivity contribution in [2.75, 3.05) is 25.0 Å². The molecule has 1 N–H and O–H groups in total. The SMILES string of the molecule is C=CCCCN(C)c1cc(CNCCC)c(Cl)cn1. The quantitative estimate of drug-likeness (QED) is 0.553. The predicted octanol–water partition coefficient (Wildman–Crippen LogP) is 3.64. The molecular formula is C15H24ClN3. The van der Waals surface area contributed by atoms with Crippen LogP contribution in [0, 0.1) is 0 Å². The zero-order chi connectivity index (χ0) is 14.1. The van der Waals surface area contributed by atoms with Crippen molar-refractivity contribution in [2.45, 2.75) is 32.7 Å². The average Bonchev–Trinajstić information content (AvgIpc) is 2.41. The van der Waals surface area contributed by atoms with Crippen molar-refractivity contribution in [1.29, 1.82) is 0 Å². The summed E-state index contributed by atoms with van der Waals surface area (Å²) in [5, 5.41) is 4.10. The smallest absolute Gasteiger partial charge is 0.128 e. The highest BCUT2D eigenvalue weighted by atomic mass is 35.5. The number of nitrogens with one attached hydrogen (secondary N) is 1. The second-order valence-corrected chi connectivity index (χ2v) is 5.07. The molecule has 3 nitrogen and oxygen atoms in total. The third-order valence-corrected chi connectivity index (χ3v) is 3.30. The van der Waals surface area contributed by atoms with Crippen molar-refractivity contribution in [3.63, 3.8) is 0 Å². The van der Waals surface area contributed by atoms with Crippen LogP contribution >= 0.6 is 11.6 Å². The van der Waals surface area contributed by atoms with Gasteiger partial charge in [-0.05, 0) is 37.4 Å². The van der Waals surface area contributed by atoms with Crippen LogP contribution < -0.4 is 10.2 Å². The highest BCUT2D eigenvalue weighted by molar-refractivity contribution is 6.31. The van der Waals surface area contributed by atoms with E-state index in [0.717, 1.165) is 55.3 Å². The molecule has 1 aromatic rings. The number of aromatic nitrogens is 1. The fourth-order valence-electron chi connectivity index (χ4n) is 1.80. The lowest BCUT2D eigenvalue weighted by Gasteiger charge is -2.19. The molecule has 0 atom stereocenters. The number of unbranched alkanes of at least 4 members (excludes halogenated alkanes) is 1. The van der Waals surface area contributed by atoms with Crippen molar-refractivity contribution in [2.24, 2.45) is 0 Å². The van der Waals surface area contributed by atoms with E-state index in [1.807, 2.05) is 6.08 Å². The molecule has 19 heavy (non-hydrogen) atoms. The van der Waals surface area contributed by atoms with E-state index in [4.69, 9.17) is 11.6 Å². The van der Waals surface area contributed by atoms with E-state index in [0.29, 0.717) is 0 Å². The van der Waals surface area contributed by atoms with Gasteiger partial charge in [0, 0.05) is 26.3 Å². The Morgan fingerprint density at radius 2 is 2.32 bits per heavy atom. The molecule has 0 aliphatic rings. The van der Waals surface area contributed by atoms with E-state index < -0.39 is 0 Å². The maximum Gasteiger partial charge on any atom is 0.128 e. The van der Waals surface area contributed by atoms with Crippen LogP contribution in [0.5, 0.6) is 0 Å². The van der Waals surface area contributed by atoms with Gasteiger partial charge in [0.1, 0.15) is 5.82 Å². The third kappa shape index (κ3) is 5.62. The highest BCUT2D eigenvalue weighted by Crippen LogP contribution is 2.20. The molecule has 0 spiro atoms. The molecule has 106 valence electrons. The van der Waals surface area contributed by atoms with Crippen LogP contribution in [0.4, 0.5) is 5.82 Å². The summed E-state index contributed by atoms with van der Waals surface area (Å²) in [6.45, 7) is 8.66. The predicted molar refractivity (Wildman–Crippen MR) is 83.9 cm³/mol. The number of hydrogen-bond acceptors (Lipinski definition) is 3. The fourth-order valence-corrected chi connectivity index (χ4v) is 1.97. The first-order chi connectivity index (χ1) is 9.19. The van der Waals surface area contributed by atoms with Gasteiger partial charge in [0.2, 0.25) is 0 Å². The Morgan fingerprint density at radius 3 is 3.00 bits per heavy atom. The molecule has 1 rings (SSSR count). The lowest BCUT2D eigenvalue weighted by atomic mass is 10.2. The number of hydrogen-bond donors (Lipinski definition) is 1. The van der Waals surface area contributed by atoms with Gasteiger partial charge in [-0.3, -0.25) is 0 Å². The summed E-state index contributed by atoms with van der Waals surface area (Å²) in [6.07, 6.45) is 6.93. The van der Waals surface area contributed by atoms with Crippen LogP contribution in [-0.4, -0.2) is 25.1 Å². The summed E-state index contributed by atoms with van der Waals surface area (Å²) >= 11 is 6.17. The van der Waals surface area contributed by atoms with Crippen LogP contribution in [0.25, 0.3) is 0 Å². The van der Waals surface area contributed by atoms with Gasteiger partial charge < -0.3 is 10.2 Å². The van der Waals surface area contributed by atoms with Gasteiger partial charge in [-0.15, -0.1) is 6.58 Å². The minimum absolute atomic E-state index is 0.729. The summed E-state index contributed by atoms with van der Waals surface area (Å²) in [4.78, 5) is 6.54. The molecule has 0 aromatic carbocycles. The summed E-state index contributed by atoms with van der Waals surface area (Å²) in [5.41, 5.74) is 1.11. The zero-order valence-electron chi connectivity index (χ0n) is 12.0. The first-order valence-corrected chi connectivity index (χ1v) is 7.24. The van der Waals surface area contributed by atoms with Gasteiger partial charge in [-0.2, -0.15) is 0 Å². The van der Waals surface area contributed by atoms with E-state index in [-0.39, 0.29) is 0 Å². The van der Waals surface area contributed by atoms with Gasteiger partial charge in [0.05, 0.1) is 5.02 Å². The number of halogens is 1. The lowest BCUT2D eigenvalue weighted by Crippen LogP contribution is -2.20. The molecule has 0 fully saturated rings. The molecule has 0 saturated carbocycles. The Hall–Kier alpha value is -1.06. The second kappa shape index (κ2) is 8.94. The number of anilines is 1. The second-order valence-electron chi connectivity index (χ2n) is 4.66. The molecule has 0 aliphatic carbocycles. The Bertz CT molecular complexity index is 393. The molecule has 1 aromatic heterocycles. The van der Waals surface area contributed by atoms with E-state index in [9.17, 15) is 0 Å². The minimum atomic E-state index is 0.729. The molecular weight excluding hydrogens is 258 g/mol. The average molecular weight is 282 g/mol. The van der Waals surface area contributed by atoms with Crippen molar-refractivity contribution < 1.29 is 0 Å². The summed E-state index contributed by atoms with van der Waals surface area (Å²) in [6, 6.07) is 2.07. The molecule has 0 unspecified atom stereocenters. The summed E-state index contributed by atoms with van der Waals surface area (Å²) < 4.78 is 0. The van der Waals surface area contributed by atoms with Crippen LogP contribution in [0.15, 0.2) is 24.9 Å². The Balaban J connectivity index is 2.63. The Morgan fingerprint density at radius 1 is 1.53 bits per heavy atom. The van der Waals surface area contributed by atoms with Crippen molar-refractivity contribution in [3.05, 3.63) is 35.5 Å². The summed E-state index contributed by atoms with van der Waals surface area (Å²) in [5.74, 6) is 0.974. The van der Waals surface area contributed by atoms with Crippen LogP contribution in [0.1, 0.15) is 31.7 Å². The molecule has 0 saturated heterocycles. The van der Waals surface area contributed by atoms with Crippen LogP contribution in [0.2, 0.25) is 5.02 Å². The fraction of sp³-hybridized carbons (Fsp3) is 0.533. The molecule has 0 bridgehead atoms. The van der Waals surface area contributed by atoms with E-state index >= 15 is 0 Å². The largest absolute Gasteiger partial charge is 0.360 e. The Labute approximate surface area is 121 Å². The number of rotatable bonds is 9. The maximum atomic E-state index is 6.17. The maximum absolute atomic E-state index is 6.17. The standard InChI is InChI=1S/C15H24ClN3/c1-4-6-7-9-19(3)15-10-13(11-17-8-5-2)14(16)12-18-15/h4,10,12,17H,1,5-9,11H2,2-3H3. The normalized spacial score (nSPS) is 10.5. The minimum Gasteiger partial charge on any atom is -0.360 e. The van der Waals surface area contributed by atoms with Gasteiger partial charge in [0.15, 0.2) is 0 Å². The van der Waals surface area contributed by atoms with Crippen molar-refractivity contribution >= 4 is 17.4 Å². The number of allylic oxidation sites excluding steroid dienone is 1. The lowest BCUT2D eigenvalue weighted by molar-refractivity contribution is 0.674. The Kier molecular flexibility index (Phi) is 7.53. The van der Waals surface area contributed by atoms with E-state index in [2.05, 4.69) is 41.8 Å². The topological polar surface area (TPSA) is 28.2 Å². The molecule has 0 amide bonds. The zero-order valence-corrected chi connectivity index (χ0v) is 12.7. The van der Waals surface area contributed by atoms with Gasteiger partial charge in [0.25, 0.3) is 0 Å². The van der Waals surface area contributed by atoms with E-state index in [1.165, 1.54) is 0 Å². The third-order valence-electron chi connectivity index (χ3n) is 2.96. The van der Waals surface area contributed by atoms with Gasteiger partial charge >= 0.3 is 0 Å². The van der Waals surface area contributed by atoms with Gasteiger partial charge in [-0.25, -0.2) is 4.98 Å². The van der Waals surface area contributed by atoms with Crippen molar-refractivity contribution in [3.8, 4) is 0 Å². The molecule has 1 heterocycles. The molecule has 0 aliphatic heterocycles. The van der Waals surface area contributed by atoms with Crippen LogP contribution in [0.3, 0.4) is 0 Å². The number of nitrogens with zero attached hydrogens (tertiary/aromatic N) is 2. The highest BCUT2D eigenvalue weighted by Gasteiger charge is 2.06. The van der Waals surface area contributed by atoms with Crippen molar-refractivity contribution in [1.82, 2.24) is 10.3 Å². The molecule has 4 heteroatoms. The van der Waals surface area contributed by atoms with Gasteiger partial charge in [-0.1, -0.05) is 24.6 Å². The van der Waals surface area contributed by atoms with Crippen LogP contribution in [-0.2, 0) is 6.54 Å².